The van der Waals surface area contributed by atoms with Crippen molar-refractivity contribution in [1.82, 2.24) is 20.5 Å². The minimum atomic E-state index is -0.528. The zero-order chi connectivity index (χ0) is 14.5. The number of rotatable bonds is 4. The van der Waals surface area contributed by atoms with Crippen LogP contribution in [0.3, 0.4) is 0 Å². The van der Waals surface area contributed by atoms with Crippen molar-refractivity contribution in [2.24, 2.45) is 0 Å². The van der Waals surface area contributed by atoms with Gasteiger partial charge in [-0.1, -0.05) is 11.8 Å². The van der Waals surface area contributed by atoms with E-state index in [2.05, 4.69) is 20.5 Å². The van der Waals surface area contributed by atoms with E-state index in [9.17, 15) is 4.79 Å². The van der Waals surface area contributed by atoms with Crippen molar-refractivity contribution >= 4 is 29.6 Å². The number of nitrogens with zero attached hydrogens (tertiary/aromatic N) is 3. The molecular weight excluding hydrogens is 284 g/mol. The van der Waals surface area contributed by atoms with Crippen LogP contribution in [0.2, 0.25) is 0 Å². The van der Waals surface area contributed by atoms with Gasteiger partial charge in [0.05, 0.1) is 6.20 Å². The maximum absolute atomic E-state index is 11.7. The smallest absolute Gasteiger partial charge is 0.408 e. The van der Waals surface area contributed by atoms with E-state index >= 15 is 0 Å². The maximum Gasteiger partial charge on any atom is 0.408 e. The quantitative estimate of drug-likeness (QED) is 0.676. The van der Waals surface area contributed by atoms with Gasteiger partial charge in [0.2, 0.25) is 5.16 Å². The third-order valence-corrected chi connectivity index (χ3v) is 3.28. The summed E-state index contributed by atoms with van der Waals surface area (Å²) in [5.74, 6) is 0. The highest BCUT2D eigenvalue weighted by atomic mass is 32.2. The molecule has 0 aliphatic rings. The molecule has 0 aromatic carbocycles. The van der Waals surface area contributed by atoms with Crippen LogP contribution in [0.25, 0.3) is 0 Å². The molecule has 1 aromatic heterocycles. The van der Waals surface area contributed by atoms with Crippen LogP contribution in [0.15, 0.2) is 11.4 Å². The van der Waals surface area contributed by atoms with Gasteiger partial charge in [0.25, 0.3) is 0 Å². The Labute approximate surface area is 121 Å². The lowest BCUT2D eigenvalue weighted by atomic mass is 10.2. The summed E-state index contributed by atoms with van der Waals surface area (Å²) in [6, 6.07) is 0. The number of aromatic nitrogens is 3. The molecule has 6 nitrogen and oxygen atoms in total. The van der Waals surface area contributed by atoms with Crippen LogP contribution in [0, 0.1) is 0 Å². The van der Waals surface area contributed by atoms with E-state index in [1.807, 2.05) is 33.3 Å². The standard InChI is InChI=1S/C11H18N4O2S2/c1-11(2,3)17-10(16)13-8(18-4)7-6-12-9(19-5)15-14-7/h6,8H,1-5H3,(H,13,16). The molecule has 1 aromatic rings. The molecule has 0 aliphatic heterocycles. The molecule has 0 saturated carbocycles. The molecule has 1 heterocycles. The van der Waals surface area contributed by atoms with E-state index in [1.165, 1.54) is 23.5 Å². The number of hydrogen-bond acceptors (Lipinski definition) is 7. The number of carbonyl (C=O) groups excluding carboxylic acids is 1. The third kappa shape index (κ3) is 5.65. The highest BCUT2D eigenvalue weighted by molar-refractivity contribution is 7.98. The minimum Gasteiger partial charge on any atom is -0.444 e. The summed E-state index contributed by atoms with van der Waals surface area (Å²) < 4.78 is 5.20. The lowest BCUT2D eigenvalue weighted by Gasteiger charge is -2.22. The molecule has 0 fully saturated rings. The first-order chi connectivity index (χ1) is 8.85. The minimum absolute atomic E-state index is 0.328. The van der Waals surface area contributed by atoms with Gasteiger partial charge in [0.1, 0.15) is 16.7 Å². The molecule has 1 rings (SSSR count). The SMILES string of the molecule is CSc1ncc(C(NC(=O)OC(C)(C)C)SC)nn1. The van der Waals surface area contributed by atoms with Crippen molar-refractivity contribution in [3.8, 4) is 0 Å². The Kier molecular flexibility index (Phi) is 5.86. The van der Waals surface area contributed by atoms with Crippen molar-refractivity contribution in [2.75, 3.05) is 12.5 Å². The Hall–Kier alpha value is -1.02. The fourth-order valence-corrected chi connectivity index (χ4v) is 2.00. The topological polar surface area (TPSA) is 77.0 Å². The van der Waals surface area contributed by atoms with Gasteiger partial charge < -0.3 is 10.1 Å². The first-order valence-electron chi connectivity index (χ1n) is 5.61. The van der Waals surface area contributed by atoms with Gasteiger partial charge in [-0.3, -0.25) is 0 Å². The molecule has 0 aliphatic carbocycles. The predicted molar refractivity (Wildman–Crippen MR) is 77.2 cm³/mol. The summed E-state index contributed by atoms with van der Waals surface area (Å²) in [7, 11) is 0. The molecular formula is C11H18N4O2S2. The Morgan fingerprint density at radius 1 is 1.37 bits per heavy atom. The summed E-state index contributed by atoms with van der Waals surface area (Å²) in [5, 5.41) is 11.0. The van der Waals surface area contributed by atoms with Gasteiger partial charge in [-0.15, -0.1) is 22.0 Å². The van der Waals surface area contributed by atoms with Gasteiger partial charge in [0, 0.05) is 0 Å². The Balaban J connectivity index is 2.69. The highest BCUT2D eigenvalue weighted by Gasteiger charge is 2.21. The van der Waals surface area contributed by atoms with Crippen molar-refractivity contribution in [2.45, 2.75) is 36.9 Å². The van der Waals surface area contributed by atoms with E-state index in [0.717, 1.165) is 0 Å². The second kappa shape index (κ2) is 6.95. The second-order valence-electron chi connectivity index (χ2n) is 4.63. The van der Waals surface area contributed by atoms with Crippen LogP contribution < -0.4 is 5.32 Å². The number of nitrogens with one attached hydrogen (secondary N) is 1. The Morgan fingerprint density at radius 3 is 2.47 bits per heavy atom. The number of carbonyl (C=O) groups is 1. The lowest BCUT2D eigenvalue weighted by molar-refractivity contribution is 0.0521. The monoisotopic (exact) mass is 302 g/mol. The molecule has 0 spiro atoms. The number of hydrogen-bond donors (Lipinski definition) is 1. The zero-order valence-electron chi connectivity index (χ0n) is 11.6. The first kappa shape index (κ1) is 16.0. The highest BCUT2D eigenvalue weighted by Crippen LogP contribution is 2.22. The van der Waals surface area contributed by atoms with Crippen LogP contribution in [0.5, 0.6) is 0 Å². The zero-order valence-corrected chi connectivity index (χ0v) is 13.3. The van der Waals surface area contributed by atoms with Gasteiger partial charge in [-0.2, -0.15) is 0 Å². The molecule has 0 bridgehead atoms. The van der Waals surface area contributed by atoms with Crippen LogP contribution in [-0.4, -0.2) is 39.4 Å². The number of amides is 1. The maximum atomic E-state index is 11.7. The molecule has 1 unspecified atom stereocenters. The van der Waals surface area contributed by atoms with Crippen molar-refractivity contribution in [1.29, 1.82) is 0 Å². The number of alkyl carbamates (subject to hydrolysis) is 1. The van der Waals surface area contributed by atoms with E-state index in [1.54, 1.807) is 6.20 Å². The second-order valence-corrected chi connectivity index (χ2v) is 6.35. The molecule has 19 heavy (non-hydrogen) atoms. The summed E-state index contributed by atoms with van der Waals surface area (Å²) >= 11 is 2.84. The fraction of sp³-hybridized carbons (Fsp3) is 0.636. The number of ether oxygens (including phenoxy) is 1. The molecule has 0 saturated heterocycles. The average Bonchev–Trinajstić information content (AvgIpc) is 2.34. The average molecular weight is 302 g/mol. The van der Waals surface area contributed by atoms with Crippen LogP contribution in [0.4, 0.5) is 4.79 Å². The van der Waals surface area contributed by atoms with Crippen molar-refractivity contribution in [3.05, 3.63) is 11.9 Å². The Bertz CT molecular complexity index is 420. The van der Waals surface area contributed by atoms with Crippen molar-refractivity contribution in [3.63, 3.8) is 0 Å². The van der Waals surface area contributed by atoms with Crippen LogP contribution >= 0.6 is 23.5 Å². The lowest BCUT2D eigenvalue weighted by Crippen LogP contribution is -2.34. The molecule has 0 radical (unpaired) electrons. The fourth-order valence-electron chi connectivity index (χ4n) is 1.16. The third-order valence-electron chi connectivity index (χ3n) is 1.89. The molecule has 106 valence electrons. The van der Waals surface area contributed by atoms with Gasteiger partial charge in [-0.25, -0.2) is 9.78 Å². The van der Waals surface area contributed by atoms with Crippen LogP contribution in [-0.2, 0) is 4.74 Å². The van der Waals surface area contributed by atoms with Crippen LogP contribution in [0.1, 0.15) is 31.8 Å². The molecule has 1 amide bonds. The van der Waals surface area contributed by atoms with Gasteiger partial charge in [-0.05, 0) is 33.3 Å². The summed E-state index contributed by atoms with van der Waals surface area (Å²) in [5.41, 5.74) is 0.0656. The van der Waals surface area contributed by atoms with E-state index in [4.69, 9.17) is 4.74 Å². The molecule has 8 heteroatoms. The molecule has 1 N–H and O–H groups in total. The normalized spacial score (nSPS) is 12.9. The Morgan fingerprint density at radius 2 is 2.05 bits per heavy atom. The largest absolute Gasteiger partial charge is 0.444 e. The van der Waals surface area contributed by atoms with E-state index in [-0.39, 0.29) is 5.37 Å². The summed E-state index contributed by atoms with van der Waals surface area (Å²) in [4.78, 5) is 15.8. The molecule has 1 atom stereocenters. The van der Waals surface area contributed by atoms with E-state index in [0.29, 0.717) is 10.9 Å². The van der Waals surface area contributed by atoms with Crippen molar-refractivity contribution < 1.29 is 9.53 Å². The predicted octanol–water partition coefficient (Wildman–Crippen LogP) is 2.48. The number of thioether (sulfide) groups is 2. The summed E-state index contributed by atoms with van der Waals surface area (Å²) in [6.07, 6.45) is 4.87. The summed E-state index contributed by atoms with van der Waals surface area (Å²) in [6.45, 7) is 5.44. The first-order valence-corrected chi connectivity index (χ1v) is 8.13. The van der Waals surface area contributed by atoms with E-state index < -0.39 is 11.7 Å². The van der Waals surface area contributed by atoms with Gasteiger partial charge >= 0.3 is 6.09 Å². The van der Waals surface area contributed by atoms with Gasteiger partial charge in [0.15, 0.2) is 0 Å².